The fraction of sp³-hybridized carbons (Fsp3) is 0.182. The van der Waals surface area contributed by atoms with Crippen molar-refractivity contribution in [3.8, 4) is 16.9 Å². The van der Waals surface area contributed by atoms with Crippen LogP contribution in [-0.2, 0) is 6.61 Å². The molecule has 136 valence electrons. The number of ketones is 1. The van der Waals surface area contributed by atoms with Crippen molar-refractivity contribution >= 4 is 5.78 Å². The Balaban J connectivity index is 1.59. The molecule has 3 aromatic rings. The van der Waals surface area contributed by atoms with Gasteiger partial charge in [0.15, 0.2) is 5.78 Å². The molecule has 27 heavy (non-hydrogen) atoms. The van der Waals surface area contributed by atoms with E-state index in [2.05, 4.69) is 4.98 Å². The average Bonchev–Trinajstić information content (AvgIpc) is 2.72. The van der Waals surface area contributed by atoms with E-state index in [1.165, 1.54) is 6.07 Å². The van der Waals surface area contributed by atoms with Gasteiger partial charge in [0, 0.05) is 41.4 Å². The standard InChI is InChI=1S/C22H18FNO3/c23-20-4-2-1-3-18(20)15(12-25)9-21(26)14-5-6-19-17-7-8-24-11-16(17)13-27-22(19)10-14/h1-8,10-11,15,25H,9,12-13H2. The normalized spacial score (nSPS) is 13.3. The number of rotatable bonds is 5. The van der Waals surface area contributed by atoms with Gasteiger partial charge in [-0.3, -0.25) is 9.78 Å². The van der Waals surface area contributed by atoms with Gasteiger partial charge in [-0.25, -0.2) is 4.39 Å². The third-order valence-corrected chi connectivity index (χ3v) is 4.88. The van der Waals surface area contributed by atoms with Crippen LogP contribution in [0.4, 0.5) is 4.39 Å². The number of pyridine rings is 1. The molecular weight excluding hydrogens is 345 g/mol. The molecule has 2 aromatic carbocycles. The summed E-state index contributed by atoms with van der Waals surface area (Å²) in [5.41, 5.74) is 3.81. The molecule has 0 spiro atoms. The molecule has 1 aliphatic heterocycles. The number of hydrogen-bond acceptors (Lipinski definition) is 4. The molecule has 1 unspecified atom stereocenters. The zero-order valence-corrected chi connectivity index (χ0v) is 14.6. The Labute approximate surface area is 156 Å². The molecule has 1 N–H and O–H groups in total. The number of Topliss-reactive ketones (excluding diaryl/α,β-unsaturated/α-hetero) is 1. The van der Waals surface area contributed by atoms with Gasteiger partial charge >= 0.3 is 0 Å². The van der Waals surface area contributed by atoms with Crippen LogP contribution in [0.1, 0.15) is 33.8 Å². The Hall–Kier alpha value is -3.05. The summed E-state index contributed by atoms with van der Waals surface area (Å²) < 4.78 is 19.8. The first-order valence-corrected chi connectivity index (χ1v) is 8.76. The van der Waals surface area contributed by atoms with Gasteiger partial charge in [-0.1, -0.05) is 24.3 Å². The molecule has 1 aliphatic rings. The van der Waals surface area contributed by atoms with Crippen molar-refractivity contribution in [2.45, 2.75) is 18.9 Å². The summed E-state index contributed by atoms with van der Waals surface area (Å²) in [6.45, 7) is 0.108. The molecule has 0 amide bonds. The third kappa shape index (κ3) is 3.34. The Kier molecular flexibility index (Phi) is 4.69. The Morgan fingerprint density at radius 3 is 2.85 bits per heavy atom. The van der Waals surface area contributed by atoms with Crippen molar-refractivity contribution in [1.29, 1.82) is 0 Å². The number of carbonyl (C=O) groups excluding carboxylic acids is 1. The summed E-state index contributed by atoms with van der Waals surface area (Å²) in [6.07, 6.45) is 3.53. The number of halogens is 1. The predicted molar refractivity (Wildman–Crippen MR) is 99.2 cm³/mol. The fourth-order valence-corrected chi connectivity index (χ4v) is 3.42. The number of carbonyl (C=O) groups is 1. The molecular formula is C22H18FNO3. The van der Waals surface area contributed by atoms with Crippen LogP contribution in [0.5, 0.6) is 5.75 Å². The number of aliphatic hydroxyl groups is 1. The van der Waals surface area contributed by atoms with E-state index in [9.17, 15) is 14.3 Å². The lowest BCUT2D eigenvalue weighted by Gasteiger charge is -2.21. The molecule has 1 atom stereocenters. The molecule has 5 heteroatoms. The van der Waals surface area contributed by atoms with Gasteiger partial charge < -0.3 is 9.84 Å². The van der Waals surface area contributed by atoms with Crippen LogP contribution in [-0.4, -0.2) is 22.5 Å². The zero-order chi connectivity index (χ0) is 18.8. The van der Waals surface area contributed by atoms with Crippen molar-refractivity contribution in [3.63, 3.8) is 0 Å². The van der Waals surface area contributed by atoms with E-state index in [0.29, 0.717) is 23.5 Å². The molecule has 2 heterocycles. The number of aliphatic hydroxyl groups excluding tert-OH is 1. The van der Waals surface area contributed by atoms with Crippen molar-refractivity contribution in [2.75, 3.05) is 6.61 Å². The minimum Gasteiger partial charge on any atom is -0.488 e. The highest BCUT2D eigenvalue weighted by Gasteiger charge is 2.22. The minimum atomic E-state index is -0.581. The van der Waals surface area contributed by atoms with Crippen molar-refractivity contribution in [2.24, 2.45) is 0 Å². The van der Waals surface area contributed by atoms with Crippen LogP contribution >= 0.6 is 0 Å². The summed E-state index contributed by atoms with van der Waals surface area (Å²) >= 11 is 0. The monoisotopic (exact) mass is 363 g/mol. The zero-order valence-electron chi connectivity index (χ0n) is 14.6. The van der Waals surface area contributed by atoms with Gasteiger partial charge in [0.1, 0.15) is 18.2 Å². The Morgan fingerprint density at radius 1 is 1.19 bits per heavy atom. The summed E-state index contributed by atoms with van der Waals surface area (Å²) in [5, 5.41) is 9.65. The molecule has 0 fully saturated rings. The maximum atomic E-state index is 14.0. The minimum absolute atomic E-state index is 0.0245. The van der Waals surface area contributed by atoms with Gasteiger partial charge in [-0.2, -0.15) is 0 Å². The highest BCUT2D eigenvalue weighted by molar-refractivity contribution is 5.98. The van der Waals surface area contributed by atoms with Crippen LogP contribution in [0, 0.1) is 5.82 Å². The van der Waals surface area contributed by atoms with E-state index in [1.807, 2.05) is 12.1 Å². The van der Waals surface area contributed by atoms with E-state index in [4.69, 9.17) is 4.74 Å². The second kappa shape index (κ2) is 7.29. The van der Waals surface area contributed by atoms with Crippen molar-refractivity contribution < 1.29 is 19.0 Å². The molecule has 0 radical (unpaired) electrons. The molecule has 4 rings (SSSR count). The van der Waals surface area contributed by atoms with Crippen LogP contribution in [0.3, 0.4) is 0 Å². The lowest BCUT2D eigenvalue weighted by molar-refractivity contribution is 0.0959. The summed E-state index contributed by atoms with van der Waals surface area (Å²) in [4.78, 5) is 16.8. The molecule has 1 aromatic heterocycles. The first-order chi connectivity index (χ1) is 13.2. The predicted octanol–water partition coefficient (Wildman–Crippen LogP) is 4.13. The molecule has 0 saturated carbocycles. The molecule has 0 aliphatic carbocycles. The third-order valence-electron chi connectivity index (χ3n) is 4.88. The Bertz CT molecular complexity index is 1000. The van der Waals surface area contributed by atoms with Gasteiger partial charge in [-0.15, -0.1) is 0 Å². The lowest BCUT2D eigenvalue weighted by Crippen LogP contribution is -2.13. The number of hydrogen-bond donors (Lipinski definition) is 1. The van der Waals surface area contributed by atoms with E-state index >= 15 is 0 Å². The summed E-state index contributed by atoms with van der Waals surface area (Å²) in [5.74, 6) is -0.513. The second-order valence-corrected chi connectivity index (χ2v) is 6.56. The second-order valence-electron chi connectivity index (χ2n) is 6.56. The molecule has 4 nitrogen and oxygen atoms in total. The maximum absolute atomic E-state index is 14.0. The van der Waals surface area contributed by atoms with E-state index in [-0.39, 0.29) is 18.8 Å². The fourth-order valence-electron chi connectivity index (χ4n) is 3.42. The van der Waals surface area contributed by atoms with E-state index < -0.39 is 11.7 Å². The van der Waals surface area contributed by atoms with Crippen LogP contribution < -0.4 is 4.74 Å². The van der Waals surface area contributed by atoms with Gasteiger partial charge in [-0.05, 0) is 35.4 Å². The van der Waals surface area contributed by atoms with Gasteiger partial charge in [0.05, 0.1) is 6.61 Å². The van der Waals surface area contributed by atoms with Crippen LogP contribution in [0.2, 0.25) is 0 Å². The lowest BCUT2D eigenvalue weighted by atomic mass is 9.90. The highest BCUT2D eigenvalue weighted by Crippen LogP contribution is 2.38. The van der Waals surface area contributed by atoms with Crippen molar-refractivity contribution in [3.05, 3.63) is 83.4 Å². The summed E-state index contributed by atoms with van der Waals surface area (Å²) in [7, 11) is 0. The largest absolute Gasteiger partial charge is 0.488 e. The summed E-state index contributed by atoms with van der Waals surface area (Å²) in [6, 6.07) is 13.5. The number of aromatic nitrogens is 1. The molecule has 0 bridgehead atoms. The SMILES string of the molecule is O=C(CC(CO)c1ccccc1F)c1ccc2c(c1)OCc1cnccc1-2. The number of ether oxygens (including phenoxy) is 1. The molecule has 0 saturated heterocycles. The number of nitrogens with zero attached hydrogens (tertiary/aromatic N) is 1. The highest BCUT2D eigenvalue weighted by atomic mass is 19.1. The number of fused-ring (bicyclic) bond motifs is 3. The van der Waals surface area contributed by atoms with Gasteiger partial charge in [0.2, 0.25) is 0 Å². The first-order valence-electron chi connectivity index (χ1n) is 8.76. The van der Waals surface area contributed by atoms with E-state index in [0.717, 1.165) is 16.7 Å². The van der Waals surface area contributed by atoms with Crippen LogP contribution in [0.15, 0.2) is 60.9 Å². The number of benzene rings is 2. The average molecular weight is 363 g/mol. The first kappa shape index (κ1) is 17.4. The quantitative estimate of drug-likeness (QED) is 0.693. The Morgan fingerprint density at radius 2 is 2.04 bits per heavy atom. The maximum Gasteiger partial charge on any atom is 0.163 e. The van der Waals surface area contributed by atoms with Crippen LogP contribution in [0.25, 0.3) is 11.1 Å². The smallest absolute Gasteiger partial charge is 0.163 e. The van der Waals surface area contributed by atoms with Gasteiger partial charge in [0.25, 0.3) is 0 Å². The van der Waals surface area contributed by atoms with E-state index in [1.54, 1.807) is 42.7 Å². The topological polar surface area (TPSA) is 59.4 Å². The van der Waals surface area contributed by atoms with Crippen molar-refractivity contribution in [1.82, 2.24) is 4.98 Å².